The first-order chi connectivity index (χ1) is 7.25. The Kier molecular flexibility index (Phi) is 2.49. The van der Waals surface area contributed by atoms with E-state index in [2.05, 4.69) is 29.1 Å². The van der Waals surface area contributed by atoms with Crippen molar-refractivity contribution in [1.29, 1.82) is 0 Å². The molecule has 15 heavy (non-hydrogen) atoms. The van der Waals surface area contributed by atoms with Gasteiger partial charge in [-0.25, -0.2) is 0 Å². The largest absolute Gasteiger partial charge is 0.313 e. The van der Waals surface area contributed by atoms with Crippen molar-refractivity contribution in [2.75, 3.05) is 26.7 Å². The van der Waals surface area contributed by atoms with E-state index in [1.807, 2.05) is 0 Å². The third-order valence-corrected chi connectivity index (χ3v) is 4.83. The van der Waals surface area contributed by atoms with E-state index >= 15 is 0 Å². The minimum Gasteiger partial charge on any atom is -0.313 e. The van der Waals surface area contributed by atoms with Crippen molar-refractivity contribution in [3.63, 3.8) is 0 Å². The topological polar surface area (TPSA) is 18.5 Å². The Hall–Kier alpha value is -0.120. The van der Waals surface area contributed by atoms with Crippen LogP contribution in [-0.4, -0.2) is 60.6 Å². The fourth-order valence-electron chi connectivity index (χ4n) is 3.76. The fourth-order valence-corrected chi connectivity index (χ4v) is 3.76. The molecular formula is C12H23N3. The third kappa shape index (κ3) is 1.61. The first kappa shape index (κ1) is 10.1. The van der Waals surface area contributed by atoms with E-state index in [1.54, 1.807) is 0 Å². The summed E-state index contributed by atoms with van der Waals surface area (Å²) in [6.45, 7) is 6.18. The minimum absolute atomic E-state index is 0.702. The molecular weight excluding hydrogens is 186 g/mol. The fraction of sp³-hybridized carbons (Fsp3) is 1.00. The number of hydrogen-bond donors (Lipinski definition) is 1. The van der Waals surface area contributed by atoms with Crippen molar-refractivity contribution >= 4 is 0 Å². The molecule has 0 radical (unpaired) electrons. The van der Waals surface area contributed by atoms with Crippen molar-refractivity contribution in [2.45, 2.75) is 50.4 Å². The predicted octanol–water partition coefficient (Wildman–Crippen LogP) is 0.515. The molecule has 3 heterocycles. The summed E-state index contributed by atoms with van der Waals surface area (Å²) in [4.78, 5) is 5.37. The van der Waals surface area contributed by atoms with Crippen LogP contribution in [0.5, 0.6) is 0 Å². The van der Waals surface area contributed by atoms with Crippen LogP contribution in [0.25, 0.3) is 0 Å². The van der Waals surface area contributed by atoms with Crippen molar-refractivity contribution in [2.24, 2.45) is 0 Å². The van der Waals surface area contributed by atoms with E-state index in [1.165, 1.54) is 38.9 Å². The SMILES string of the molecule is C[C@@H]1NCC[C@@H]1N1CC2CCC(C1)N2C. The molecule has 0 aromatic heterocycles. The van der Waals surface area contributed by atoms with Crippen LogP contribution in [0.3, 0.4) is 0 Å². The van der Waals surface area contributed by atoms with Crippen molar-refractivity contribution in [3.05, 3.63) is 0 Å². The summed E-state index contributed by atoms with van der Waals surface area (Å²) in [5, 5.41) is 3.57. The van der Waals surface area contributed by atoms with Crippen LogP contribution >= 0.6 is 0 Å². The molecule has 0 spiro atoms. The Morgan fingerprint density at radius 1 is 1.07 bits per heavy atom. The van der Waals surface area contributed by atoms with Gasteiger partial charge in [0, 0.05) is 37.3 Å². The Balaban J connectivity index is 1.69. The minimum atomic E-state index is 0.702. The number of piperazine rings is 1. The normalized spacial score (nSPS) is 47.6. The second kappa shape index (κ2) is 3.72. The summed E-state index contributed by atoms with van der Waals surface area (Å²) in [5.41, 5.74) is 0. The molecule has 4 atom stereocenters. The summed E-state index contributed by atoms with van der Waals surface area (Å²) in [7, 11) is 2.32. The van der Waals surface area contributed by atoms with Crippen molar-refractivity contribution in [3.8, 4) is 0 Å². The molecule has 2 unspecified atom stereocenters. The molecule has 3 saturated heterocycles. The molecule has 3 aliphatic heterocycles. The smallest absolute Gasteiger partial charge is 0.0260 e. The summed E-state index contributed by atoms with van der Waals surface area (Å²) in [6, 6.07) is 3.20. The average Bonchev–Trinajstić information content (AvgIpc) is 2.70. The molecule has 2 bridgehead atoms. The van der Waals surface area contributed by atoms with Gasteiger partial charge in [-0.1, -0.05) is 0 Å². The summed E-state index contributed by atoms with van der Waals surface area (Å²) < 4.78 is 0. The van der Waals surface area contributed by atoms with Crippen LogP contribution < -0.4 is 5.32 Å². The lowest BCUT2D eigenvalue weighted by atomic mass is 10.1. The molecule has 0 aliphatic carbocycles. The lowest BCUT2D eigenvalue weighted by Crippen LogP contribution is -2.56. The molecule has 3 heteroatoms. The van der Waals surface area contributed by atoms with Crippen molar-refractivity contribution < 1.29 is 0 Å². The molecule has 0 aromatic carbocycles. The van der Waals surface area contributed by atoms with Crippen LogP contribution in [0.2, 0.25) is 0 Å². The zero-order valence-electron chi connectivity index (χ0n) is 9.95. The molecule has 3 fully saturated rings. The van der Waals surface area contributed by atoms with Crippen LogP contribution in [0.4, 0.5) is 0 Å². The van der Waals surface area contributed by atoms with Crippen LogP contribution in [0.15, 0.2) is 0 Å². The summed E-state index contributed by atoms with van der Waals surface area (Å²) in [5.74, 6) is 0. The molecule has 1 N–H and O–H groups in total. The zero-order chi connectivity index (χ0) is 10.4. The Bertz CT molecular complexity index is 229. The second-order valence-corrected chi connectivity index (χ2v) is 5.60. The Morgan fingerprint density at radius 2 is 1.73 bits per heavy atom. The number of likely N-dealkylation sites (N-methyl/N-ethyl adjacent to an activating group) is 1. The van der Waals surface area contributed by atoms with E-state index in [9.17, 15) is 0 Å². The van der Waals surface area contributed by atoms with E-state index in [0.29, 0.717) is 6.04 Å². The highest BCUT2D eigenvalue weighted by Gasteiger charge is 2.41. The van der Waals surface area contributed by atoms with Crippen molar-refractivity contribution in [1.82, 2.24) is 15.1 Å². The first-order valence-electron chi connectivity index (χ1n) is 6.45. The number of nitrogens with zero attached hydrogens (tertiary/aromatic N) is 2. The number of rotatable bonds is 1. The molecule has 0 saturated carbocycles. The van der Waals surface area contributed by atoms with Crippen LogP contribution in [0.1, 0.15) is 26.2 Å². The average molecular weight is 209 g/mol. The lowest BCUT2D eigenvalue weighted by molar-refractivity contribution is 0.0553. The van der Waals surface area contributed by atoms with Gasteiger partial charge < -0.3 is 5.32 Å². The highest BCUT2D eigenvalue weighted by molar-refractivity contribution is 4.99. The summed E-state index contributed by atoms with van der Waals surface area (Å²) in [6.07, 6.45) is 4.20. The number of hydrogen-bond acceptors (Lipinski definition) is 3. The first-order valence-corrected chi connectivity index (χ1v) is 6.45. The predicted molar refractivity (Wildman–Crippen MR) is 62.0 cm³/mol. The molecule has 0 aromatic rings. The maximum atomic E-state index is 3.57. The van der Waals surface area contributed by atoms with E-state index in [4.69, 9.17) is 0 Å². The second-order valence-electron chi connectivity index (χ2n) is 5.60. The Labute approximate surface area is 92.8 Å². The molecule has 0 amide bonds. The quantitative estimate of drug-likeness (QED) is 0.679. The van der Waals surface area contributed by atoms with Gasteiger partial charge in [0.1, 0.15) is 0 Å². The van der Waals surface area contributed by atoms with E-state index in [-0.39, 0.29) is 0 Å². The van der Waals surface area contributed by atoms with E-state index < -0.39 is 0 Å². The highest BCUT2D eigenvalue weighted by atomic mass is 15.3. The number of fused-ring (bicyclic) bond motifs is 2. The zero-order valence-corrected chi connectivity index (χ0v) is 9.95. The van der Waals surface area contributed by atoms with Crippen LogP contribution in [-0.2, 0) is 0 Å². The van der Waals surface area contributed by atoms with Gasteiger partial charge in [0.2, 0.25) is 0 Å². The molecule has 3 rings (SSSR count). The van der Waals surface area contributed by atoms with Gasteiger partial charge in [-0.05, 0) is 39.8 Å². The number of nitrogens with one attached hydrogen (secondary N) is 1. The van der Waals surface area contributed by atoms with Gasteiger partial charge >= 0.3 is 0 Å². The summed E-state index contributed by atoms with van der Waals surface area (Å²) >= 11 is 0. The third-order valence-electron chi connectivity index (χ3n) is 4.83. The monoisotopic (exact) mass is 209 g/mol. The maximum absolute atomic E-state index is 3.57. The van der Waals surface area contributed by atoms with Gasteiger partial charge in [-0.2, -0.15) is 0 Å². The maximum Gasteiger partial charge on any atom is 0.0260 e. The van der Waals surface area contributed by atoms with Gasteiger partial charge in [-0.3, -0.25) is 9.80 Å². The standard InChI is InChI=1S/C12H23N3/c1-9-12(5-6-13-9)15-7-10-3-4-11(8-15)14(10)2/h9-13H,3-8H2,1-2H3/t9-,10?,11?,12-/m0/s1. The number of likely N-dealkylation sites (tertiary alicyclic amines) is 1. The highest BCUT2D eigenvalue weighted by Crippen LogP contribution is 2.31. The van der Waals surface area contributed by atoms with Gasteiger partial charge in [0.05, 0.1) is 0 Å². The van der Waals surface area contributed by atoms with E-state index in [0.717, 1.165) is 18.1 Å². The Morgan fingerprint density at radius 3 is 2.27 bits per heavy atom. The molecule has 3 nitrogen and oxygen atoms in total. The lowest BCUT2D eigenvalue weighted by Gasteiger charge is -2.42. The van der Waals surface area contributed by atoms with Gasteiger partial charge in [0.15, 0.2) is 0 Å². The van der Waals surface area contributed by atoms with Gasteiger partial charge in [-0.15, -0.1) is 0 Å². The van der Waals surface area contributed by atoms with Gasteiger partial charge in [0.25, 0.3) is 0 Å². The molecule has 86 valence electrons. The molecule has 3 aliphatic rings. The van der Waals surface area contributed by atoms with Crippen LogP contribution in [0, 0.1) is 0 Å².